The van der Waals surface area contributed by atoms with E-state index in [1.807, 2.05) is 43.3 Å². The molecule has 0 saturated heterocycles. The quantitative estimate of drug-likeness (QED) is 0.407. The Morgan fingerprint density at radius 2 is 1.86 bits per heavy atom. The van der Waals surface area contributed by atoms with Crippen molar-refractivity contribution in [1.29, 1.82) is 0 Å². The van der Waals surface area contributed by atoms with Crippen molar-refractivity contribution in [3.8, 4) is 5.75 Å². The molecule has 1 aromatic heterocycles. The molecule has 0 aliphatic heterocycles. The molecule has 2 aromatic rings. The Bertz CT molecular complexity index is 646. The standard InChI is InChI=1S/C16H15Br2NO2/c1-10-5-3-8-14(19-10)16(18)15(17)12-6-4-7-13(9-12)21-11(2)20/h3-9,15-16H,1-2H3. The van der Waals surface area contributed by atoms with Crippen LogP contribution >= 0.6 is 31.9 Å². The molecule has 1 aromatic carbocycles. The van der Waals surface area contributed by atoms with Crippen molar-refractivity contribution in [2.75, 3.05) is 0 Å². The Kier molecular flexibility index (Phi) is 5.53. The summed E-state index contributed by atoms with van der Waals surface area (Å²) in [6.07, 6.45) is 0. The molecular weight excluding hydrogens is 398 g/mol. The number of nitrogens with zero attached hydrogens (tertiary/aromatic N) is 1. The number of halogens is 2. The summed E-state index contributed by atoms with van der Waals surface area (Å²) in [5.41, 5.74) is 2.94. The first-order valence-corrected chi connectivity index (χ1v) is 8.30. The van der Waals surface area contributed by atoms with Gasteiger partial charge in [0.1, 0.15) is 5.75 Å². The molecule has 0 spiro atoms. The van der Waals surface area contributed by atoms with Crippen LogP contribution in [0.25, 0.3) is 0 Å². The van der Waals surface area contributed by atoms with E-state index in [1.54, 1.807) is 6.07 Å². The Morgan fingerprint density at radius 3 is 2.52 bits per heavy atom. The second kappa shape index (κ2) is 7.18. The molecule has 2 atom stereocenters. The van der Waals surface area contributed by atoms with Crippen LogP contribution in [0.2, 0.25) is 0 Å². The van der Waals surface area contributed by atoms with Crippen molar-refractivity contribution >= 4 is 37.8 Å². The average molecular weight is 413 g/mol. The van der Waals surface area contributed by atoms with E-state index in [0.29, 0.717) is 5.75 Å². The second-order valence-corrected chi connectivity index (χ2v) is 6.65. The summed E-state index contributed by atoms with van der Waals surface area (Å²) in [5, 5.41) is 0. The highest BCUT2D eigenvalue weighted by Crippen LogP contribution is 2.42. The lowest BCUT2D eigenvalue weighted by Gasteiger charge is -2.17. The first-order chi connectivity index (χ1) is 9.97. The van der Waals surface area contributed by atoms with Crippen LogP contribution in [0.5, 0.6) is 5.75 Å². The van der Waals surface area contributed by atoms with Crippen LogP contribution < -0.4 is 4.74 Å². The number of rotatable bonds is 4. The zero-order valence-electron chi connectivity index (χ0n) is 11.7. The van der Waals surface area contributed by atoms with Gasteiger partial charge in [-0.1, -0.05) is 50.1 Å². The number of alkyl halides is 2. The summed E-state index contributed by atoms with van der Waals surface area (Å²) in [4.78, 5) is 15.6. The minimum Gasteiger partial charge on any atom is -0.427 e. The average Bonchev–Trinajstić information content (AvgIpc) is 2.45. The van der Waals surface area contributed by atoms with Gasteiger partial charge in [0, 0.05) is 12.6 Å². The fourth-order valence-electron chi connectivity index (χ4n) is 1.95. The summed E-state index contributed by atoms with van der Waals surface area (Å²) in [6.45, 7) is 3.36. The molecule has 2 rings (SSSR count). The van der Waals surface area contributed by atoms with Crippen molar-refractivity contribution in [2.45, 2.75) is 23.5 Å². The van der Waals surface area contributed by atoms with E-state index in [-0.39, 0.29) is 15.6 Å². The van der Waals surface area contributed by atoms with Gasteiger partial charge in [0.05, 0.1) is 15.3 Å². The number of carbonyl (C=O) groups is 1. The lowest BCUT2D eigenvalue weighted by atomic mass is 10.1. The normalized spacial score (nSPS) is 13.5. The molecule has 0 aliphatic rings. The SMILES string of the molecule is CC(=O)Oc1cccc(C(Br)C(Br)c2cccc(C)n2)c1. The number of benzene rings is 1. The van der Waals surface area contributed by atoms with Gasteiger partial charge in [-0.15, -0.1) is 0 Å². The predicted octanol–water partition coefficient (Wildman–Crippen LogP) is 4.89. The van der Waals surface area contributed by atoms with Gasteiger partial charge >= 0.3 is 5.97 Å². The number of hydrogen-bond donors (Lipinski definition) is 0. The number of pyridine rings is 1. The highest BCUT2D eigenvalue weighted by molar-refractivity contribution is 9.12. The maximum absolute atomic E-state index is 11.0. The molecule has 0 amide bonds. The minimum absolute atomic E-state index is 0.0160. The molecule has 0 fully saturated rings. The fourth-order valence-corrected chi connectivity index (χ4v) is 3.07. The van der Waals surface area contributed by atoms with Crippen LogP contribution in [0.1, 0.15) is 33.5 Å². The van der Waals surface area contributed by atoms with Crippen molar-refractivity contribution in [2.24, 2.45) is 0 Å². The Morgan fingerprint density at radius 1 is 1.14 bits per heavy atom. The van der Waals surface area contributed by atoms with Gasteiger partial charge in [0.25, 0.3) is 0 Å². The Hall–Kier alpha value is -1.20. The number of carbonyl (C=O) groups excluding carboxylic acids is 1. The van der Waals surface area contributed by atoms with Gasteiger partial charge in [-0.05, 0) is 36.8 Å². The summed E-state index contributed by atoms with van der Waals surface area (Å²) >= 11 is 7.37. The molecule has 0 saturated carbocycles. The largest absolute Gasteiger partial charge is 0.427 e. The number of aromatic nitrogens is 1. The number of ether oxygens (including phenoxy) is 1. The number of esters is 1. The van der Waals surface area contributed by atoms with Gasteiger partial charge < -0.3 is 4.74 Å². The molecule has 0 bridgehead atoms. The van der Waals surface area contributed by atoms with Crippen LogP contribution in [0.15, 0.2) is 42.5 Å². The molecule has 3 nitrogen and oxygen atoms in total. The highest BCUT2D eigenvalue weighted by Gasteiger charge is 2.21. The lowest BCUT2D eigenvalue weighted by Crippen LogP contribution is -2.04. The number of hydrogen-bond acceptors (Lipinski definition) is 3. The number of aryl methyl sites for hydroxylation is 1. The van der Waals surface area contributed by atoms with Gasteiger partial charge in [-0.3, -0.25) is 9.78 Å². The third-order valence-electron chi connectivity index (χ3n) is 2.89. The maximum atomic E-state index is 11.0. The highest BCUT2D eigenvalue weighted by atomic mass is 79.9. The minimum atomic E-state index is -0.325. The smallest absolute Gasteiger partial charge is 0.308 e. The van der Waals surface area contributed by atoms with Crippen molar-refractivity contribution in [3.63, 3.8) is 0 Å². The van der Waals surface area contributed by atoms with E-state index in [4.69, 9.17) is 4.74 Å². The topological polar surface area (TPSA) is 39.2 Å². The summed E-state index contributed by atoms with van der Waals surface area (Å²) in [5.74, 6) is 0.218. The fraction of sp³-hybridized carbons (Fsp3) is 0.250. The van der Waals surface area contributed by atoms with Gasteiger partial charge in [-0.25, -0.2) is 0 Å². The van der Waals surface area contributed by atoms with Crippen LogP contribution in [0, 0.1) is 6.92 Å². The van der Waals surface area contributed by atoms with Crippen LogP contribution in [0.4, 0.5) is 0 Å². The van der Waals surface area contributed by atoms with E-state index in [9.17, 15) is 4.79 Å². The zero-order valence-corrected chi connectivity index (χ0v) is 14.9. The van der Waals surface area contributed by atoms with Gasteiger partial charge in [0.2, 0.25) is 0 Å². The van der Waals surface area contributed by atoms with Crippen LogP contribution in [-0.2, 0) is 4.79 Å². The van der Waals surface area contributed by atoms with E-state index in [2.05, 4.69) is 36.8 Å². The molecule has 1 heterocycles. The summed E-state index contributed by atoms with van der Waals surface area (Å²) in [6, 6.07) is 13.4. The first-order valence-electron chi connectivity index (χ1n) is 6.47. The van der Waals surface area contributed by atoms with Crippen molar-refractivity contribution in [1.82, 2.24) is 4.98 Å². The summed E-state index contributed by atoms with van der Waals surface area (Å²) in [7, 11) is 0. The monoisotopic (exact) mass is 411 g/mol. The van der Waals surface area contributed by atoms with Crippen LogP contribution in [0.3, 0.4) is 0 Å². The van der Waals surface area contributed by atoms with Gasteiger partial charge in [-0.2, -0.15) is 0 Å². The molecule has 0 N–H and O–H groups in total. The molecule has 0 aliphatic carbocycles. The first kappa shape index (κ1) is 16.2. The maximum Gasteiger partial charge on any atom is 0.308 e. The molecular formula is C16H15Br2NO2. The third kappa shape index (κ3) is 4.38. The van der Waals surface area contributed by atoms with E-state index in [0.717, 1.165) is 17.0 Å². The Labute approximate surface area is 141 Å². The molecule has 5 heteroatoms. The van der Waals surface area contributed by atoms with E-state index >= 15 is 0 Å². The predicted molar refractivity (Wildman–Crippen MR) is 90.1 cm³/mol. The van der Waals surface area contributed by atoms with Gasteiger partial charge in [0.15, 0.2) is 0 Å². The zero-order chi connectivity index (χ0) is 15.4. The van der Waals surface area contributed by atoms with E-state index < -0.39 is 0 Å². The molecule has 110 valence electrons. The van der Waals surface area contributed by atoms with Crippen LogP contribution in [-0.4, -0.2) is 11.0 Å². The summed E-state index contributed by atoms with van der Waals surface area (Å²) < 4.78 is 5.12. The van der Waals surface area contributed by atoms with Crippen molar-refractivity contribution < 1.29 is 9.53 Å². The lowest BCUT2D eigenvalue weighted by molar-refractivity contribution is -0.131. The molecule has 2 unspecified atom stereocenters. The second-order valence-electron chi connectivity index (χ2n) is 4.67. The third-order valence-corrected chi connectivity index (χ3v) is 5.65. The van der Waals surface area contributed by atoms with E-state index in [1.165, 1.54) is 6.92 Å². The van der Waals surface area contributed by atoms with Crippen molar-refractivity contribution in [3.05, 3.63) is 59.4 Å². The Balaban J connectivity index is 2.22. The molecule has 0 radical (unpaired) electrons. The molecule has 21 heavy (non-hydrogen) atoms.